The molecule has 0 spiro atoms. The minimum Gasteiger partial charge on any atom is -0.492 e. The maximum absolute atomic E-state index is 12.4. The highest BCUT2D eigenvalue weighted by Gasteiger charge is 2.33. The van der Waals surface area contributed by atoms with Crippen LogP contribution in [-0.4, -0.2) is 38.3 Å². The van der Waals surface area contributed by atoms with Crippen LogP contribution in [0, 0.1) is 0 Å². The Balaban J connectivity index is 1.37. The summed E-state index contributed by atoms with van der Waals surface area (Å²) in [5.41, 5.74) is 5.03. The molecule has 5 rings (SSSR count). The minimum atomic E-state index is -0.111. The summed E-state index contributed by atoms with van der Waals surface area (Å²) in [4.78, 5) is 14.8. The van der Waals surface area contributed by atoms with Gasteiger partial charge in [-0.15, -0.1) is 0 Å². The quantitative estimate of drug-likeness (QED) is 0.648. The summed E-state index contributed by atoms with van der Waals surface area (Å²) in [6.07, 6.45) is 1.77. The van der Waals surface area contributed by atoms with Crippen LogP contribution < -0.4 is 19.5 Å². The molecule has 0 aliphatic carbocycles. The molecule has 6 nitrogen and oxygen atoms in total. The van der Waals surface area contributed by atoms with E-state index < -0.39 is 0 Å². The normalized spacial score (nSPS) is 17.0. The first-order chi connectivity index (χ1) is 15.6. The molecule has 0 saturated heterocycles. The number of benzene rings is 3. The Morgan fingerprint density at radius 3 is 2.66 bits per heavy atom. The number of ether oxygens (including phenoxy) is 3. The number of amides is 1. The van der Waals surface area contributed by atoms with Crippen molar-refractivity contribution in [2.45, 2.75) is 18.9 Å². The second-order valence-electron chi connectivity index (χ2n) is 8.18. The molecule has 0 fully saturated rings. The van der Waals surface area contributed by atoms with Gasteiger partial charge in [0.15, 0.2) is 11.5 Å². The number of likely N-dealkylation sites (N-methyl/N-ethyl adjacent to an activating group) is 1. The topological polar surface area (TPSA) is 60.0 Å². The van der Waals surface area contributed by atoms with Gasteiger partial charge in [0.05, 0.1) is 7.11 Å². The van der Waals surface area contributed by atoms with Gasteiger partial charge in [0.25, 0.3) is 5.91 Å². The molecular weight excluding hydrogens is 404 g/mol. The summed E-state index contributed by atoms with van der Waals surface area (Å²) in [6, 6.07) is 19.5. The molecule has 6 heteroatoms. The Morgan fingerprint density at radius 2 is 1.91 bits per heavy atom. The third-order valence-electron chi connectivity index (χ3n) is 6.22. The number of hydrogen-bond acceptors (Lipinski definition) is 5. The van der Waals surface area contributed by atoms with Crippen LogP contribution in [0.4, 0.5) is 5.69 Å². The van der Waals surface area contributed by atoms with Crippen molar-refractivity contribution in [3.8, 4) is 17.2 Å². The van der Waals surface area contributed by atoms with Gasteiger partial charge in [0.2, 0.25) is 12.5 Å². The van der Waals surface area contributed by atoms with Gasteiger partial charge in [0, 0.05) is 29.4 Å². The predicted octanol–water partition coefficient (Wildman–Crippen LogP) is 4.45. The van der Waals surface area contributed by atoms with Crippen molar-refractivity contribution in [2.75, 3.05) is 32.8 Å². The van der Waals surface area contributed by atoms with Gasteiger partial charge in [-0.1, -0.05) is 30.3 Å². The van der Waals surface area contributed by atoms with Crippen molar-refractivity contribution in [1.29, 1.82) is 0 Å². The molecular formula is C26H26N2O4. The third-order valence-corrected chi connectivity index (χ3v) is 6.22. The number of fused-ring (bicyclic) bond motifs is 2. The van der Waals surface area contributed by atoms with E-state index in [0.717, 1.165) is 36.6 Å². The number of carbonyl (C=O) groups excluding carboxylic acids is 1. The van der Waals surface area contributed by atoms with Gasteiger partial charge in [-0.2, -0.15) is 0 Å². The van der Waals surface area contributed by atoms with Crippen LogP contribution in [0.1, 0.15) is 33.1 Å². The fraction of sp³-hybridized carbons (Fsp3) is 0.269. The van der Waals surface area contributed by atoms with Crippen molar-refractivity contribution in [3.05, 3.63) is 82.9 Å². The summed E-state index contributed by atoms with van der Waals surface area (Å²) in [5, 5.41) is 2.96. The number of nitrogens with zero attached hydrogens (tertiary/aromatic N) is 1. The lowest BCUT2D eigenvalue weighted by Gasteiger charge is -2.36. The summed E-state index contributed by atoms with van der Waals surface area (Å²) in [7, 11) is 3.83. The molecule has 1 N–H and O–H groups in total. The molecule has 1 amide bonds. The Labute approximate surface area is 187 Å². The van der Waals surface area contributed by atoms with Crippen LogP contribution in [0.2, 0.25) is 0 Å². The van der Waals surface area contributed by atoms with Crippen LogP contribution >= 0.6 is 0 Å². The molecule has 0 saturated carbocycles. The number of anilines is 1. The Morgan fingerprint density at radius 1 is 1.12 bits per heavy atom. The lowest BCUT2D eigenvalue weighted by Crippen LogP contribution is -2.33. The van der Waals surface area contributed by atoms with Crippen molar-refractivity contribution in [1.82, 2.24) is 4.90 Å². The number of rotatable bonds is 5. The van der Waals surface area contributed by atoms with Crippen molar-refractivity contribution >= 4 is 11.6 Å². The fourth-order valence-corrected chi connectivity index (χ4v) is 4.52. The number of hydrogen-bond donors (Lipinski definition) is 1. The second kappa shape index (κ2) is 8.55. The van der Waals surface area contributed by atoms with Crippen molar-refractivity contribution < 1.29 is 19.0 Å². The molecule has 2 heterocycles. The standard InChI is InChI=1S/C26H26N2O4/c1-28-13-12-19-15-22-24(32-16-31-22)25(30-2)23(19)21(28)14-17-8-10-20(11-9-17)27-26(29)18-6-4-3-5-7-18/h3-11,15,21H,12-14,16H2,1-2H3,(H,27,29)/t21-/m1/s1. The lowest BCUT2D eigenvalue weighted by atomic mass is 9.87. The maximum atomic E-state index is 12.4. The largest absolute Gasteiger partial charge is 0.492 e. The average Bonchev–Trinajstić information content (AvgIpc) is 3.29. The number of carbonyl (C=O) groups is 1. The molecule has 2 aliphatic rings. The Bertz CT molecular complexity index is 1130. The molecule has 164 valence electrons. The van der Waals surface area contributed by atoms with Crippen LogP contribution in [0.25, 0.3) is 0 Å². The predicted molar refractivity (Wildman–Crippen MR) is 123 cm³/mol. The zero-order valence-electron chi connectivity index (χ0n) is 18.3. The molecule has 0 unspecified atom stereocenters. The summed E-state index contributed by atoms with van der Waals surface area (Å²) < 4.78 is 17.1. The second-order valence-corrected chi connectivity index (χ2v) is 8.18. The average molecular weight is 431 g/mol. The van der Waals surface area contributed by atoms with Gasteiger partial charge in [-0.25, -0.2) is 0 Å². The van der Waals surface area contributed by atoms with E-state index in [9.17, 15) is 4.79 Å². The van der Waals surface area contributed by atoms with E-state index in [1.165, 1.54) is 16.7 Å². The highest BCUT2D eigenvalue weighted by molar-refractivity contribution is 6.04. The lowest BCUT2D eigenvalue weighted by molar-refractivity contribution is 0.102. The van der Waals surface area contributed by atoms with Crippen LogP contribution in [0.3, 0.4) is 0 Å². The van der Waals surface area contributed by atoms with E-state index in [0.29, 0.717) is 11.3 Å². The van der Waals surface area contributed by atoms with Crippen LogP contribution in [0.15, 0.2) is 60.7 Å². The van der Waals surface area contributed by atoms with E-state index in [1.54, 1.807) is 19.2 Å². The molecule has 0 radical (unpaired) electrons. The molecule has 0 bridgehead atoms. The SMILES string of the molecule is COc1c2c(cc3c1[C@@H](Cc1ccc(NC(=O)c4ccccc4)cc1)N(C)CC3)OCO2. The maximum Gasteiger partial charge on any atom is 0.255 e. The van der Waals surface area contributed by atoms with E-state index in [2.05, 4.69) is 35.5 Å². The molecule has 2 aliphatic heterocycles. The third kappa shape index (κ3) is 3.78. The van der Waals surface area contributed by atoms with Gasteiger partial charge >= 0.3 is 0 Å². The first-order valence-corrected chi connectivity index (χ1v) is 10.8. The smallest absolute Gasteiger partial charge is 0.255 e. The Kier molecular flexibility index (Phi) is 5.45. The van der Waals surface area contributed by atoms with Gasteiger partial charge in [-0.3, -0.25) is 9.69 Å². The monoisotopic (exact) mass is 430 g/mol. The van der Waals surface area contributed by atoms with E-state index >= 15 is 0 Å². The van der Waals surface area contributed by atoms with Crippen LogP contribution in [0.5, 0.6) is 17.2 Å². The Hall–Kier alpha value is -3.51. The first kappa shape index (κ1) is 20.4. The molecule has 32 heavy (non-hydrogen) atoms. The zero-order chi connectivity index (χ0) is 22.1. The van der Waals surface area contributed by atoms with E-state index in [1.807, 2.05) is 30.3 Å². The molecule has 3 aromatic carbocycles. The van der Waals surface area contributed by atoms with Crippen LogP contribution in [-0.2, 0) is 12.8 Å². The zero-order valence-corrected chi connectivity index (χ0v) is 18.3. The van der Waals surface area contributed by atoms with Gasteiger partial charge in [-0.05, 0) is 61.3 Å². The van der Waals surface area contributed by atoms with Gasteiger partial charge in [0.1, 0.15) is 0 Å². The highest BCUT2D eigenvalue weighted by Crippen LogP contribution is 2.49. The van der Waals surface area contributed by atoms with Crippen molar-refractivity contribution in [3.63, 3.8) is 0 Å². The van der Waals surface area contributed by atoms with E-state index in [-0.39, 0.29) is 18.7 Å². The van der Waals surface area contributed by atoms with Crippen molar-refractivity contribution in [2.24, 2.45) is 0 Å². The molecule has 3 aromatic rings. The minimum absolute atomic E-state index is 0.111. The van der Waals surface area contributed by atoms with E-state index in [4.69, 9.17) is 14.2 Å². The fourth-order valence-electron chi connectivity index (χ4n) is 4.52. The summed E-state index contributed by atoms with van der Waals surface area (Å²) in [6.45, 7) is 1.19. The number of nitrogens with one attached hydrogen (secondary N) is 1. The molecule has 0 aromatic heterocycles. The number of methoxy groups -OCH3 is 1. The highest BCUT2D eigenvalue weighted by atomic mass is 16.7. The first-order valence-electron chi connectivity index (χ1n) is 10.8. The molecule has 1 atom stereocenters. The van der Waals surface area contributed by atoms with Gasteiger partial charge < -0.3 is 19.5 Å². The summed E-state index contributed by atoms with van der Waals surface area (Å²) >= 11 is 0. The summed E-state index contributed by atoms with van der Waals surface area (Å²) in [5.74, 6) is 2.13.